The van der Waals surface area contributed by atoms with E-state index >= 15 is 0 Å². The molecule has 0 bridgehead atoms. The smallest absolute Gasteiger partial charge is 0.254 e. The average molecular weight is 509 g/mol. The largest absolute Gasteiger partial charge is 0.330 e. The van der Waals surface area contributed by atoms with E-state index in [1.807, 2.05) is 30.3 Å². The summed E-state index contributed by atoms with van der Waals surface area (Å²) < 4.78 is 24.2. The first-order valence-electron chi connectivity index (χ1n) is 10.0. The summed E-state index contributed by atoms with van der Waals surface area (Å²) in [6.07, 6.45) is 0.431. The Kier molecular flexibility index (Phi) is 6.82. The van der Waals surface area contributed by atoms with Gasteiger partial charge in [0.25, 0.3) is 5.91 Å². The molecule has 0 radical (unpaired) electrons. The van der Waals surface area contributed by atoms with Crippen molar-refractivity contribution in [3.63, 3.8) is 0 Å². The zero-order valence-electron chi connectivity index (χ0n) is 17.0. The minimum atomic E-state index is -3.15. The molecule has 0 aliphatic carbocycles. The van der Waals surface area contributed by atoms with Gasteiger partial charge < -0.3 is 4.90 Å². The molecule has 0 N–H and O–H groups in total. The van der Waals surface area contributed by atoms with Gasteiger partial charge in [-0.1, -0.05) is 65.1 Å². The fraction of sp³-hybridized carbons (Fsp3) is 0.208. The van der Waals surface area contributed by atoms with Crippen LogP contribution in [0.5, 0.6) is 0 Å². The zero-order chi connectivity index (χ0) is 22.9. The maximum absolute atomic E-state index is 13.3. The van der Waals surface area contributed by atoms with Crippen molar-refractivity contribution in [2.24, 2.45) is 0 Å². The highest BCUT2D eigenvalue weighted by Gasteiger charge is 2.35. The van der Waals surface area contributed by atoms with E-state index in [0.717, 1.165) is 16.7 Å². The molecule has 3 aromatic carbocycles. The normalized spacial score (nSPS) is 17.3. The molecule has 3 aromatic rings. The van der Waals surface area contributed by atoms with E-state index in [1.54, 1.807) is 41.3 Å². The highest BCUT2D eigenvalue weighted by atomic mass is 35.5. The number of benzene rings is 3. The number of amides is 1. The first-order valence-corrected chi connectivity index (χ1v) is 13.0. The van der Waals surface area contributed by atoms with E-state index in [2.05, 4.69) is 0 Å². The third kappa shape index (κ3) is 5.29. The third-order valence-electron chi connectivity index (χ3n) is 5.55. The predicted molar refractivity (Wildman–Crippen MR) is 130 cm³/mol. The molecule has 0 aromatic heterocycles. The average Bonchev–Trinajstić information content (AvgIpc) is 3.12. The highest BCUT2D eigenvalue weighted by molar-refractivity contribution is 7.91. The number of sulfone groups is 1. The van der Waals surface area contributed by atoms with Crippen LogP contribution in [0.1, 0.15) is 22.3 Å². The topological polar surface area (TPSA) is 54.5 Å². The fourth-order valence-electron chi connectivity index (χ4n) is 3.86. The number of carbonyl (C=O) groups excluding carboxylic acids is 1. The van der Waals surface area contributed by atoms with Crippen molar-refractivity contribution < 1.29 is 13.2 Å². The van der Waals surface area contributed by atoms with Gasteiger partial charge in [0.1, 0.15) is 0 Å². The van der Waals surface area contributed by atoms with Gasteiger partial charge in [-0.2, -0.15) is 0 Å². The summed E-state index contributed by atoms with van der Waals surface area (Å²) in [4.78, 5) is 14.9. The summed E-state index contributed by atoms with van der Waals surface area (Å²) in [6.45, 7) is 0.302. The zero-order valence-corrected chi connectivity index (χ0v) is 20.1. The third-order valence-corrected chi connectivity index (χ3v) is 8.10. The SMILES string of the molecule is O=C(c1ccc(Cl)cc1)N(Cc1ccc(-c2ccc(Cl)cc2Cl)cc1)C1CCS(=O)(=O)C1. The van der Waals surface area contributed by atoms with Gasteiger partial charge in [-0.25, -0.2) is 8.42 Å². The van der Waals surface area contributed by atoms with Gasteiger partial charge in [-0.3, -0.25) is 4.79 Å². The Labute approximate surface area is 202 Å². The van der Waals surface area contributed by atoms with Gasteiger partial charge in [-0.15, -0.1) is 0 Å². The van der Waals surface area contributed by atoms with E-state index in [-0.39, 0.29) is 23.5 Å². The molecule has 1 unspecified atom stereocenters. The van der Waals surface area contributed by atoms with Gasteiger partial charge in [0.2, 0.25) is 0 Å². The summed E-state index contributed by atoms with van der Waals surface area (Å²) in [6, 6.07) is 19.3. The first-order chi connectivity index (χ1) is 15.2. The van der Waals surface area contributed by atoms with Crippen LogP contribution in [0.15, 0.2) is 66.7 Å². The van der Waals surface area contributed by atoms with Gasteiger partial charge in [0, 0.05) is 38.8 Å². The van der Waals surface area contributed by atoms with Crippen LogP contribution in [0.2, 0.25) is 15.1 Å². The summed E-state index contributed by atoms with van der Waals surface area (Å²) in [7, 11) is -3.15. The number of carbonyl (C=O) groups is 1. The number of halogens is 3. The molecular formula is C24H20Cl3NO3S. The number of nitrogens with zero attached hydrogens (tertiary/aromatic N) is 1. The Morgan fingerprint density at radius 1 is 0.906 bits per heavy atom. The van der Waals surface area contributed by atoms with Crippen LogP contribution in [-0.4, -0.2) is 36.8 Å². The molecule has 1 aliphatic heterocycles. The van der Waals surface area contributed by atoms with Crippen LogP contribution in [0.4, 0.5) is 0 Å². The molecule has 1 aliphatic rings. The molecule has 0 saturated carbocycles. The number of rotatable bonds is 5. The Bertz CT molecular complexity index is 1240. The van der Waals surface area contributed by atoms with E-state index in [4.69, 9.17) is 34.8 Å². The lowest BCUT2D eigenvalue weighted by Gasteiger charge is -2.28. The second-order valence-corrected chi connectivity index (χ2v) is 11.3. The molecule has 1 amide bonds. The quantitative estimate of drug-likeness (QED) is 0.416. The lowest BCUT2D eigenvalue weighted by atomic mass is 10.0. The summed E-state index contributed by atoms with van der Waals surface area (Å²) in [5, 5.41) is 1.66. The Balaban J connectivity index is 1.60. The van der Waals surface area contributed by atoms with Crippen LogP contribution >= 0.6 is 34.8 Å². The van der Waals surface area contributed by atoms with Crippen LogP contribution in [0, 0.1) is 0 Å². The summed E-state index contributed by atoms with van der Waals surface area (Å²) in [5.74, 6) is -0.144. The van der Waals surface area contributed by atoms with E-state index < -0.39 is 9.84 Å². The molecule has 1 heterocycles. The van der Waals surface area contributed by atoms with Gasteiger partial charge in [0.05, 0.1) is 11.5 Å². The van der Waals surface area contributed by atoms with Crippen molar-refractivity contribution in [1.29, 1.82) is 0 Å². The first kappa shape index (κ1) is 23.1. The predicted octanol–water partition coefficient (Wildman–Crippen LogP) is 6.14. The van der Waals surface area contributed by atoms with Gasteiger partial charge in [0.15, 0.2) is 9.84 Å². The lowest BCUT2D eigenvalue weighted by Crippen LogP contribution is -2.40. The van der Waals surface area contributed by atoms with E-state index in [0.29, 0.717) is 33.6 Å². The molecule has 4 rings (SSSR count). The maximum atomic E-state index is 13.3. The summed E-state index contributed by atoms with van der Waals surface area (Å²) >= 11 is 18.3. The second kappa shape index (κ2) is 9.44. The molecule has 1 fully saturated rings. The molecule has 1 atom stereocenters. The Morgan fingerprint density at radius 3 is 2.16 bits per heavy atom. The minimum absolute atomic E-state index is 0.0230. The van der Waals surface area contributed by atoms with Crippen LogP contribution < -0.4 is 0 Å². The Morgan fingerprint density at radius 2 is 1.56 bits per heavy atom. The minimum Gasteiger partial charge on any atom is -0.330 e. The van der Waals surface area contributed by atoms with Crippen molar-refractivity contribution >= 4 is 50.5 Å². The molecule has 166 valence electrons. The van der Waals surface area contributed by atoms with Crippen LogP contribution in [-0.2, 0) is 16.4 Å². The summed E-state index contributed by atoms with van der Waals surface area (Å²) in [5.41, 5.74) is 3.15. The van der Waals surface area contributed by atoms with Crippen molar-refractivity contribution in [2.45, 2.75) is 19.0 Å². The second-order valence-electron chi connectivity index (χ2n) is 7.82. The maximum Gasteiger partial charge on any atom is 0.254 e. The molecule has 4 nitrogen and oxygen atoms in total. The molecule has 32 heavy (non-hydrogen) atoms. The van der Waals surface area contributed by atoms with Crippen molar-refractivity contribution in [3.05, 3.63) is 92.9 Å². The molecule has 0 spiro atoms. The molecule has 1 saturated heterocycles. The van der Waals surface area contributed by atoms with Gasteiger partial charge in [-0.05, 0) is 53.9 Å². The van der Waals surface area contributed by atoms with Crippen LogP contribution in [0.25, 0.3) is 11.1 Å². The van der Waals surface area contributed by atoms with Crippen molar-refractivity contribution in [2.75, 3.05) is 11.5 Å². The number of hydrogen-bond donors (Lipinski definition) is 0. The molecule has 8 heteroatoms. The lowest BCUT2D eigenvalue weighted by molar-refractivity contribution is 0.0681. The highest BCUT2D eigenvalue weighted by Crippen LogP contribution is 2.31. The van der Waals surface area contributed by atoms with E-state index in [9.17, 15) is 13.2 Å². The van der Waals surface area contributed by atoms with Crippen molar-refractivity contribution in [1.82, 2.24) is 4.90 Å². The van der Waals surface area contributed by atoms with Gasteiger partial charge >= 0.3 is 0 Å². The number of hydrogen-bond acceptors (Lipinski definition) is 3. The standard InChI is InChI=1S/C24H20Cl3NO3S/c25-19-7-5-18(6-8-19)24(29)28(21-11-12-32(30,31)15-21)14-16-1-3-17(4-2-16)22-10-9-20(26)13-23(22)27/h1-10,13,21H,11-12,14-15H2. The van der Waals surface area contributed by atoms with E-state index in [1.165, 1.54) is 0 Å². The fourth-order valence-corrected chi connectivity index (χ4v) is 6.23. The monoisotopic (exact) mass is 507 g/mol. The Hall–Kier alpha value is -2.05. The molecular weight excluding hydrogens is 489 g/mol. The van der Waals surface area contributed by atoms with Crippen molar-refractivity contribution in [3.8, 4) is 11.1 Å². The van der Waals surface area contributed by atoms with Crippen LogP contribution in [0.3, 0.4) is 0 Å².